The lowest BCUT2D eigenvalue weighted by Gasteiger charge is -2.37. The highest BCUT2D eigenvalue weighted by Crippen LogP contribution is 2.35. The van der Waals surface area contributed by atoms with E-state index >= 15 is 0 Å². The fourth-order valence-electron chi connectivity index (χ4n) is 3.21. The lowest BCUT2D eigenvalue weighted by molar-refractivity contribution is 0.171. The first kappa shape index (κ1) is 16.0. The Kier molecular flexibility index (Phi) is 3.88. The van der Waals surface area contributed by atoms with Crippen LogP contribution in [0.5, 0.6) is 11.5 Å². The zero-order valence-electron chi connectivity index (χ0n) is 14.4. The lowest BCUT2D eigenvalue weighted by atomic mass is 9.91. The third-order valence-corrected chi connectivity index (χ3v) is 4.83. The Bertz CT molecular complexity index is 783. The summed E-state index contributed by atoms with van der Waals surface area (Å²) in [5, 5.41) is 0. The van der Waals surface area contributed by atoms with Gasteiger partial charge in [-0.3, -0.25) is 0 Å². The molecule has 4 rings (SSSR count). The number of hydrogen-bond acceptors (Lipinski definition) is 7. The number of benzene rings is 1. The molecular weight excluding hydrogens is 318 g/mol. The second-order valence-corrected chi connectivity index (χ2v) is 6.96. The Hall–Kier alpha value is -2.54. The maximum absolute atomic E-state index is 6.19. The van der Waals surface area contributed by atoms with Crippen LogP contribution in [0.2, 0.25) is 0 Å². The number of aromatic nitrogens is 2. The molecule has 0 radical (unpaired) electrons. The van der Waals surface area contributed by atoms with Gasteiger partial charge in [0.15, 0.2) is 17.3 Å². The highest BCUT2D eigenvalue weighted by atomic mass is 16.6. The van der Waals surface area contributed by atoms with Crippen LogP contribution in [0.25, 0.3) is 11.3 Å². The largest absolute Gasteiger partial charge is 0.486 e. The van der Waals surface area contributed by atoms with E-state index in [2.05, 4.69) is 21.8 Å². The van der Waals surface area contributed by atoms with Gasteiger partial charge in [0.05, 0.1) is 6.20 Å². The van der Waals surface area contributed by atoms with Crippen LogP contribution in [-0.2, 0) is 0 Å². The van der Waals surface area contributed by atoms with Gasteiger partial charge in [-0.15, -0.1) is 0 Å². The van der Waals surface area contributed by atoms with Crippen LogP contribution in [0.15, 0.2) is 24.4 Å². The van der Waals surface area contributed by atoms with Crippen molar-refractivity contribution < 1.29 is 9.47 Å². The van der Waals surface area contributed by atoms with E-state index in [4.69, 9.17) is 20.9 Å². The zero-order chi connectivity index (χ0) is 17.4. The van der Waals surface area contributed by atoms with Crippen molar-refractivity contribution >= 4 is 11.6 Å². The standard InChI is InChI=1S/C18H23N5O2/c1-18(20)4-6-23(7-5-18)15-11-21-16(17(19)22-15)12-2-3-13-14(10-12)25-9-8-24-13/h2-3,10-11H,4-9,20H2,1H3,(H2,19,22). The fourth-order valence-corrected chi connectivity index (χ4v) is 3.21. The maximum atomic E-state index is 6.19. The van der Waals surface area contributed by atoms with E-state index in [-0.39, 0.29) is 5.54 Å². The van der Waals surface area contributed by atoms with Crippen LogP contribution in [0.3, 0.4) is 0 Å². The number of hydrogen-bond donors (Lipinski definition) is 2. The Morgan fingerprint density at radius 1 is 1.12 bits per heavy atom. The number of rotatable bonds is 2. The molecule has 2 aliphatic heterocycles. The molecule has 0 atom stereocenters. The first-order valence-corrected chi connectivity index (χ1v) is 8.58. The molecule has 3 heterocycles. The number of nitrogens with zero attached hydrogens (tertiary/aromatic N) is 3. The Labute approximate surface area is 147 Å². The molecule has 2 aliphatic rings. The average molecular weight is 341 g/mol. The summed E-state index contributed by atoms with van der Waals surface area (Å²) in [7, 11) is 0. The van der Waals surface area contributed by atoms with E-state index in [9.17, 15) is 0 Å². The van der Waals surface area contributed by atoms with Gasteiger partial charge in [-0.2, -0.15) is 0 Å². The molecule has 132 valence electrons. The number of nitrogens with two attached hydrogens (primary N) is 2. The van der Waals surface area contributed by atoms with E-state index in [0.29, 0.717) is 30.5 Å². The molecule has 0 saturated carbocycles. The number of fused-ring (bicyclic) bond motifs is 1. The molecule has 1 aromatic carbocycles. The van der Waals surface area contributed by atoms with Crippen LogP contribution in [0.1, 0.15) is 19.8 Å². The smallest absolute Gasteiger partial charge is 0.162 e. The van der Waals surface area contributed by atoms with Crippen molar-refractivity contribution in [2.75, 3.05) is 36.9 Å². The van der Waals surface area contributed by atoms with Gasteiger partial charge in [0, 0.05) is 24.2 Å². The van der Waals surface area contributed by atoms with Crippen molar-refractivity contribution in [1.29, 1.82) is 0 Å². The second kappa shape index (κ2) is 6.07. The highest BCUT2D eigenvalue weighted by Gasteiger charge is 2.27. The number of nitrogen functional groups attached to an aromatic ring is 1. The predicted octanol–water partition coefficient (Wildman–Crippen LogP) is 1.81. The molecule has 2 aromatic rings. The second-order valence-electron chi connectivity index (χ2n) is 6.96. The topological polar surface area (TPSA) is 99.5 Å². The molecule has 0 bridgehead atoms. The monoisotopic (exact) mass is 341 g/mol. The quantitative estimate of drug-likeness (QED) is 0.859. The molecule has 0 amide bonds. The van der Waals surface area contributed by atoms with Crippen LogP contribution >= 0.6 is 0 Å². The van der Waals surface area contributed by atoms with E-state index in [1.807, 2.05) is 18.2 Å². The molecule has 1 aromatic heterocycles. The lowest BCUT2D eigenvalue weighted by Crippen LogP contribution is -2.48. The summed E-state index contributed by atoms with van der Waals surface area (Å²) in [6.45, 7) is 4.94. The van der Waals surface area contributed by atoms with E-state index in [1.54, 1.807) is 6.20 Å². The molecule has 0 aliphatic carbocycles. The van der Waals surface area contributed by atoms with Gasteiger partial charge < -0.3 is 25.8 Å². The fraction of sp³-hybridized carbons (Fsp3) is 0.444. The van der Waals surface area contributed by atoms with Gasteiger partial charge in [-0.05, 0) is 38.0 Å². The summed E-state index contributed by atoms with van der Waals surface area (Å²) in [4.78, 5) is 11.3. The van der Waals surface area contributed by atoms with Crippen LogP contribution in [-0.4, -0.2) is 41.8 Å². The van der Waals surface area contributed by atoms with Crippen LogP contribution < -0.4 is 25.8 Å². The molecule has 1 fully saturated rings. The van der Waals surface area contributed by atoms with E-state index < -0.39 is 0 Å². The van der Waals surface area contributed by atoms with E-state index in [0.717, 1.165) is 43.1 Å². The summed E-state index contributed by atoms with van der Waals surface area (Å²) >= 11 is 0. The third-order valence-electron chi connectivity index (χ3n) is 4.83. The Morgan fingerprint density at radius 2 is 1.84 bits per heavy atom. The zero-order valence-corrected chi connectivity index (χ0v) is 14.4. The molecule has 0 unspecified atom stereocenters. The molecule has 4 N–H and O–H groups in total. The maximum Gasteiger partial charge on any atom is 0.162 e. The SMILES string of the molecule is CC1(N)CCN(c2cnc(-c3ccc4c(c3)OCCO4)c(N)n2)CC1. The van der Waals surface area contributed by atoms with Gasteiger partial charge in [-0.25, -0.2) is 9.97 Å². The summed E-state index contributed by atoms with van der Waals surface area (Å²) < 4.78 is 11.2. The molecule has 25 heavy (non-hydrogen) atoms. The van der Waals surface area contributed by atoms with Gasteiger partial charge in [0.25, 0.3) is 0 Å². The predicted molar refractivity (Wildman–Crippen MR) is 96.9 cm³/mol. The first-order chi connectivity index (χ1) is 12.0. The molecule has 7 nitrogen and oxygen atoms in total. The minimum Gasteiger partial charge on any atom is -0.486 e. The minimum absolute atomic E-state index is 0.0966. The van der Waals surface area contributed by atoms with E-state index in [1.165, 1.54) is 0 Å². The molecule has 0 spiro atoms. The summed E-state index contributed by atoms with van der Waals surface area (Å²) in [5.74, 6) is 2.67. The number of anilines is 2. The first-order valence-electron chi connectivity index (χ1n) is 8.58. The third kappa shape index (κ3) is 3.19. The van der Waals surface area contributed by atoms with Gasteiger partial charge in [-0.1, -0.05) is 0 Å². The average Bonchev–Trinajstić information content (AvgIpc) is 2.61. The van der Waals surface area contributed by atoms with Crippen LogP contribution in [0, 0.1) is 0 Å². The number of ether oxygens (including phenoxy) is 2. The van der Waals surface area contributed by atoms with Crippen molar-refractivity contribution in [3.63, 3.8) is 0 Å². The summed E-state index contributed by atoms with van der Waals surface area (Å²) in [5.41, 5.74) is 13.8. The van der Waals surface area contributed by atoms with Crippen molar-refractivity contribution in [2.45, 2.75) is 25.3 Å². The summed E-state index contributed by atoms with van der Waals surface area (Å²) in [6.07, 6.45) is 3.64. The van der Waals surface area contributed by atoms with Crippen LogP contribution in [0.4, 0.5) is 11.6 Å². The molecule has 1 saturated heterocycles. The van der Waals surface area contributed by atoms with Gasteiger partial charge in [0.1, 0.15) is 24.7 Å². The van der Waals surface area contributed by atoms with Crippen molar-refractivity contribution in [1.82, 2.24) is 9.97 Å². The van der Waals surface area contributed by atoms with Crippen molar-refractivity contribution in [2.24, 2.45) is 5.73 Å². The van der Waals surface area contributed by atoms with Crippen molar-refractivity contribution in [3.05, 3.63) is 24.4 Å². The highest BCUT2D eigenvalue weighted by molar-refractivity contribution is 5.73. The normalized spacial score (nSPS) is 18.9. The molecule has 7 heteroatoms. The minimum atomic E-state index is -0.0966. The summed E-state index contributed by atoms with van der Waals surface area (Å²) in [6, 6.07) is 5.70. The van der Waals surface area contributed by atoms with Gasteiger partial charge >= 0.3 is 0 Å². The molecular formula is C18H23N5O2. The Morgan fingerprint density at radius 3 is 2.56 bits per heavy atom. The number of piperidine rings is 1. The van der Waals surface area contributed by atoms with Crippen molar-refractivity contribution in [3.8, 4) is 22.8 Å². The Balaban J connectivity index is 1.58. The van der Waals surface area contributed by atoms with Gasteiger partial charge in [0.2, 0.25) is 0 Å².